The summed E-state index contributed by atoms with van der Waals surface area (Å²) in [5, 5.41) is 3.59. The number of pyridine rings is 1. The van der Waals surface area contributed by atoms with Crippen molar-refractivity contribution in [3.05, 3.63) is 59.4 Å². The molecule has 1 N–H and O–H groups in total. The molecule has 1 aromatic carbocycles. The molecule has 3 aromatic rings. The Morgan fingerprint density at radius 2 is 1.98 bits per heavy atom. The average Bonchev–Trinajstić information content (AvgIpc) is 3.30. The largest absolute Gasteiger partial charge is 0.379 e. The zero-order chi connectivity index (χ0) is 29.3. The maximum Gasteiger partial charge on any atom is 0.254 e. The van der Waals surface area contributed by atoms with Crippen LogP contribution in [0.4, 0.5) is 4.39 Å². The number of carbonyl (C=O) groups excluding carboxylic acids is 1. The standard InChI is InChI=1S/C33H46FN5O2/c1-7-38(22(4)5)33(40)30-15-26(34)8-10-28(30)29-14-24(19-39-23(6)36-16-32(29)39)25-17-37(18-25)31(21(2)3)11-9-27-20-41-13-12-35-27/h8,10,14-16,19,21-22,25,27,31,35H,7,9,11-13,17-18,20H2,1-6H3/t27-,31+/m0/s1. The number of amides is 1. The topological polar surface area (TPSA) is 62.1 Å². The lowest BCUT2D eigenvalue weighted by atomic mass is 9.85. The molecule has 1 amide bonds. The van der Waals surface area contributed by atoms with Gasteiger partial charge in [0.2, 0.25) is 0 Å². The zero-order valence-electron chi connectivity index (χ0n) is 25.5. The molecule has 2 saturated heterocycles. The van der Waals surface area contributed by atoms with Crippen LogP contribution in [0.25, 0.3) is 16.6 Å². The van der Waals surface area contributed by atoms with Crippen LogP contribution in [0.2, 0.25) is 0 Å². The van der Waals surface area contributed by atoms with Crippen molar-refractivity contribution in [3.8, 4) is 11.1 Å². The summed E-state index contributed by atoms with van der Waals surface area (Å²) in [4.78, 5) is 22.7. The molecule has 222 valence electrons. The minimum atomic E-state index is -0.405. The summed E-state index contributed by atoms with van der Waals surface area (Å²) in [6.07, 6.45) is 6.34. The van der Waals surface area contributed by atoms with Crippen molar-refractivity contribution >= 4 is 11.4 Å². The van der Waals surface area contributed by atoms with Crippen molar-refractivity contribution < 1.29 is 13.9 Å². The molecule has 2 fully saturated rings. The lowest BCUT2D eigenvalue weighted by Crippen LogP contribution is -2.53. The summed E-state index contributed by atoms with van der Waals surface area (Å²) >= 11 is 0. The van der Waals surface area contributed by atoms with E-state index in [1.807, 2.05) is 33.9 Å². The van der Waals surface area contributed by atoms with Crippen LogP contribution in [-0.2, 0) is 4.74 Å². The molecular formula is C33H46FN5O2. The molecule has 8 heteroatoms. The molecule has 7 nitrogen and oxygen atoms in total. The minimum Gasteiger partial charge on any atom is -0.379 e. The van der Waals surface area contributed by atoms with Gasteiger partial charge in [-0.3, -0.25) is 9.69 Å². The highest BCUT2D eigenvalue weighted by Crippen LogP contribution is 2.37. The van der Waals surface area contributed by atoms with Gasteiger partial charge in [0, 0.05) is 62.0 Å². The van der Waals surface area contributed by atoms with E-state index in [1.165, 1.54) is 17.7 Å². The molecule has 0 saturated carbocycles. The molecule has 2 aliphatic rings. The third-order valence-corrected chi connectivity index (χ3v) is 9.00. The Hall–Kier alpha value is -2.81. The van der Waals surface area contributed by atoms with Crippen LogP contribution < -0.4 is 5.32 Å². The number of morpholine rings is 1. The molecule has 2 atom stereocenters. The van der Waals surface area contributed by atoms with Gasteiger partial charge in [0.25, 0.3) is 5.91 Å². The first-order valence-corrected chi connectivity index (χ1v) is 15.3. The van der Waals surface area contributed by atoms with Crippen LogP contribution in [0.3, 0.4) is 0 Å². The van der Waals surface area contributed by atoms with Crippen molar-refractivity contribution in [2.24, 2.45) is 5.92 Å². The number of hydrogen-bond acceptors (Lipinski definition) is 5. The summed E-state index contributed by atoms with van der Waals surface area (Å²) in [6.45, 7) is 17.7. The fourth-order valence-electron chi connectivity index (χ4n) is 6.62. The summed E-state index contributed by atoms with van der Waals surface area (Å²) < 4.78 is 22.3. The van der Waals surface area contributed by atoms with Crippen molar-refractivity contribution in [1.29, 1.82) is 0 Å². The molecule has 0 radical (unpaired) electrons. The number of aryl methyl sites for hydroxylation is 1. The Labute approximate surface area is 244 Å². The van der Waals surface area contributed by atoms with Crippen LogP contribution in [-0.4, -0.2) is 82.6 Å². The van der Waals surface area contributed by atoms with Crippen LogP contribution in [0.5, 0.6) is 0 Å². The number of nitrogens with one attached hydrogen (secondary N) is 1. The number of carbonyl (C=O) groups is 1. The predicted octanol–water partition coefficient (Wildman–Crippen LogP) is 5.51. The van der Waals surface area contributed by atoms with E-state index < -0.39 is 5.82 Å². The number of fused-ring (bicyclic) bond motifs is 1. The van der Waals surface area contributed by atoms with Crippen molar-refractivity contribution in [2.45, 2.75) is 78.4 Å². The first kappa shape index (κ1) is 29.7. The molecule has 4 heterocycles. The molecular weight excluding hydrogens is 517 g/mol. The van der Waals surface area contributed by atoms with E-state index in [1.54, 1.807) is 11.0 Å². The number of imidazole rings is 1. The fourth-order valence-corrected chi connectivity index (χ4v) is 6.62. The van der Waals surface area contributed by atoms with Gasteiger partial charge in [0.1, 0.15) is 11.6 Å². The van der Waals surface area contributed by atoms with E-state index in [4.69, 9.17) is 4.74 Å². The summed E-state index contributed by atoms with van der Waals surface area (Å²) in [5.41, 5.74) is 4.23. The highest BCUT2D eigenvalue weighted by atomic mass is 19.1. The number of likely N-dealkylation sites (tertiary alicyclic amines) is 1. The number of benzene rings is 1. The molecule has 5 rings (SSSR count). The normalized spacial score (nSPS) is 19.2. The highest BCUT2D eigenvalue weighted by Gasteiger charge is 2.35. The van der Waals surface area contributed by atoms with E-state index >= 15 is 0 Å². The smallest absolute Gasteiger partial charge is 0.254 e. The van der Waals surface area contributed by atoms with Gasteiger partial charge in [-0.2, -0.15) is 0 Å². The van der Waals surface area contributed by atoms with Gasteiger partial charge < -0.3 is 19.4 Å². The molecule has 2 aliphatic heterocycles. The van der Waals surface area contributed by atoms with Gasteiger partial charge in [0.15, 0.2) is 0 Å². The average molecular weight is 564 g/mol. The van der Waals surface area contributed by atoms with Gasteiger partial charge in [-0.1, -0.05) is 19.9 Å². The van der Waals surface area contributed by atoms with Gasteiger partial charge in [0.05, 0.1) is 30.5 Å². The molecule has 0 bridgehead atoms. The van der Waals surface area contributed by atoms with E-state index in [0.717, 1.165) is 68.2 Å². The van der Waals surface area contributed by atoms with Crippen molar-refractivity contribution in [3.63, 3.8) is 0 Å². The number of rotatable bonds is 10. The minimum absolute atomic E-state index is 0.0171. The van der Waals surface area contributed by atoms with Crippen LogP contribution in [0, 0.1) is 18.7 Å². The summed E-state index contributed by atoms with van der Waals surface area (Å²) in [6, 6.07) is 7.80. The van der Waals surface area contributed by atoms with Crippen LogP contribution in [0.15, 0.2) is 36.7 Å². The number of ether oxygens (including phenoxy) is 1. The Balaban J connectivity index is 1.43. The third kappa shape index (κ3) is 6.20. The second kappa shape index (κ2) is 12.6. The second-order valence-corrected chi connectivity index (χ2v) is 12.4. The number of halogens is 1. The highest BCUT2D eigenvalue weighted by molar-refractivity contribution is 6.03. The Morgan fingerprint density at radius 3 is 2.63 bits per heavy atom. The maximum absolute atomic E-state index is 14.5. The quantitative estimate of drug-likeness (QED) is 0.352. The molecule has 41 heavy (non-hydrogen) atoms. The number of nitrogens with zero attached hydrogens (tertiary/aromatic N) is 4. The third-order valence-electron chi connectivity index (χ3n) is 9.00. The van der Waals surface area contributed by atoms with Gasteiger partial charge in [-0.25, -0.2) is 9.37 Å². The molecule has 2 aromatic heterocycles. The van der Waals surface area contributed by atoms with Gasteiger partial charge in [-0.15, -0.1) is 0 Å². The van der Waals surface area contributed by atoms with Crippen molar-refractivity contribution in [2.75, 3.05) is 39.4 Å². The molecule has 0 unspecified atom stereocenters. The first-order valence-electron chi connectivity index (χ1n) is 15.3. The number of hydrogen-bond donors (Lipinski definition) is 1. The number of aromatic nitrogens is 2. The van der Waals surface area contributed by atoms with E-state index in [2.05, 4.69) is 45.7 Å². The SMILES string of the molecule is CCN(C(=O)c1cc(F)ccc1-c1cc(C2CN([C@H](CC[C@H]3COCCN3)C(C)C)C2)cn2c(C)ncc12)C(C)C. The van der Waals surface area contributed by atoms with Gasteiger partial charge in [-0.05, 0) is 75.8 Å². The lowest BCUT2D eigenvalue weighted by Gasteiger charge is -2.47. The maximum atomic E-state index is 14.5. The summed E-state index contributed by atoms with van der Waals surface area (Å²) in [5.74, 6) is 1.31. The van der Waals surface area contributed by atoms with E-state index in [0.29, 0.717) is 36.0 Å². The Bertz CT molecular complexity index is 1360. The Morgan fingerprint density at radius 1 is 1.20 bits per heavy atom. The lowest BCUT2D eigenvalue weighted by molar-refractivity contribution is 0.0432. The van der Waals surface area contributed by atoms with Crippen molar-refractivity contribution in [1.82, 2.24) is 24.5 Å². The van der Waals surface area contributed by atoms with E-state index in [9.17, 15) is 9.18 Å². The van der Waals surface area contributed by atoms with Crippen LogP contribution in [0.1, 0.15) is 75.1 Å². The molecule has 0 aliphatic carbocycles. The monoisotopic (exact) mass is 563 g/mol. The predicted molar refractivity (Wildman–Crippen MR) is 162 cm³/mol. The van der Waals surface area contributed by atoms with E-state index in [-0.39, 0.29) is 11.9 Å². The zero-order valence-corrected chi connectivity index (χ0v) is 25.5. The first-order chi connectivity index (χ1) is 19.7. The fraction of sp³-hybridized carbons (Fsp3) is 0.576. The molecule has 0 spiro atoms. The summed E-state index contributed by atoms with van der Waals surface area (Å²) in [7, 11) is 0. The second-order valence-electron chi connectivity index (χ2n) is 12.4. The van der Waals surface area contributed by atoms with Crippen LogP contribution >= 0.6 is 0 Å². The Kier molecular flexibility index (Phi) is 9.12. The van der Waals surface area contributed by atoms with Gasteiger partial charge >= 0.3 is 0 Å².